The number of aryl methyl sites for hydroxylation is 1. The van der Waals surface area contributed by atoms with Crippen molar-refractivity contribution in [2.75, 3.05) is 32.8 Å². The van der Waals surface area contributed by atoms with Crippen molar-refractivity contribution in [1.82, 2.24) is 24.7 Å². The quantitative estimate of drug-likeness (QED) is 0.408. The molecule has 198 valence electrons. The summed E-state index contributed by atoms with van der Waals surface area (Å²) in [5.41, 5.74) is 1.91. The number of fused-ring (bicyclic) bond motifs is 1. The second-order valence-electron chi connectivity index (χ2n) is 9.37. The Morgan fingerprint density at radius 3 is 2.41 bits per heavy atom. The van der Waals surface area contributed by atoms with Gasteiger partial charge in [-0.15, -0.1) is 0 Å². The van der Waals surface area contributed by atoms with Crippen molar-refractivity contribution in [3.05, 3.63) is 70.6 Å². The third-order valence-corrected chi connectivity index (χ3v) is 6.84. The molecule has 0 radical (unpaired) electrons. The highest BCUT2D eigenvalue weighted by Gasteiger charge is 2.24. The summed E-state index contributed by atoms with van der Waals surface area (Å²) in [6, 6.07) is 15.9. The molecule has 1 fully saturated rings. The number of ether oxygens (including phenoxy) is 1. The van der Waals surface area contributed by atoms with Crippen LogP contribution in [0.2, 0.25) is 0 Å². The first kappa shape index (κ1) is 26.4. The second kappa shape index (κ2) is 12.6. The minimum absolute atomic E-state index is 0.174. The maximum Gasteiger partial charge on any atom is 0.407 e. The van der Waals surface area contributed by atoms with Crippen LogP contribution >= 0.6 is 0 Å². The van der Waals surface area contributed by atoms with Gasteiger partial charge in [0, 0.05) is 19.6 Å². The van der Waals surface area contributed by atoms with Gasteiger partial charge in [0.05, 0.1) is 23.7 Å². The Balaban J connectivity index is 1.22. The number of hydrogen-bond acceptors (Lipinski definition) is 6. The number of benzene rings is 2. The number of aromatic nitrogens is 2. The lowest BCUT2D eigenvalue weighted by Gasteiger charge is -2.34. The lowest BCUT2D eigenvalue weighted by atomic mass is 9.96. The van der Waals surface area contributed by atoms with Gasteiger partial charge in [0.15, 0.2) is 0 Å². The molecular weight excluding hydrogens is 474 g/mol. The lowest BCUT2D eigenvalue weighted by Crippen LogP contribution is -2.49. The maximum atomic E-state index is 12.9. The molecule has 2 heterocycles. The van der Waals surface area contributed by atoms with Gasteiger partial charge in [-0.3, -0.25) is 4.57 Å². The highest BCUT2D eigenvalue weighted by atomic mass is 16.5. The molecular formula is C27H35N5O5. The molecule has 3 aromatic rings. The van der Waals surface area contributed by atoms with Crippen molar-refractivity contribution in [1.29, 1.82) is 0 Å². The summed E-state index contributed by atoms with van der Waals surface area (Å²) in [5.74, 6) is 0.284. The molecule has 1 aliphatic rings. The Hall–Kier alpha value is -3.63. The van der Waals surface area contributed by atoms with Crippen LogP contribution < -0.4 is 16.3 Å². The average Bonchev–Trinajstić information content (AvgIpc) is 3.22. The van der Waals surface area contributed by atoms with Crippen LogP contribution in [0.5, 0.6) is 0 Å². The van der Waals surface area contributed by atoms with Crippen molar-refractivity contribution in [2.45, 2.75) is 39.0 Å². The molecule has 1 aliphatic heterocycles. The molecule has 0 spiro atoms. The zero-order chi connectivity index (χ0) is 26.2. The van der Waals surface area contributed by atoms with Gasteiger partial charge >= 0.3 is 17.8 Å². The van der Waals surface area contributed by atoms with E-state index >= 15 is 0 Å². The van der Waals surface area contributed by atoms with Gasteiger partial charge in [-0.25, -0.2) is 19.0 Å². The van der Waals surface area contributed by atoms with E-state index in [0.717, 1.165) is 37.0 Å². The van der Waals surface area contributed by atoms with Crippen molar-refractivity contribution in [2.24, 2.45) is 5.92 Å². The van der Waals surface area contributed by atoms with Crippen LogP contribution in [-0.2, 0) is 17.9 Å². The number of carbonyl (C=O) groups excluding carboxylic acids is 2. The Bertz CT molecular complexity index is 1250. The summed E-state index contributed by atoms with van der Waals surface area (Å²) in [4.78, 5) is 40.0. The van der Waals surface area contributed by atoms with Crippen LogP contribution in [0.3, 0.4) is 0 Å². The van der Waals surface area contributed by atoms with Crippen molar-refractivity contribution in [3.8, 4) is 0 Å². The lowest BCUT2D eigenvalue weighted by molar-refractivity contribution is 0.112. The number of hydrogen-bond donors (Lipinski definition) is 3. The molecule has 1 unspecified atom stereocenters. The number of likely N-dealkylation sites (tertiary alicyclic amines) is 1. The Morgan fingerprint density at radius 1 is 1.05 bits per heavy atom. The molecule has 3 N–H and O–H groups in total. The average molecular weight is 510 g/mol. The Labute approximate surface area is 215 Å². The summed E-state index contributed by atoms with van der Waals surface area (Å²) in [6.45, 7) is 4.93. The van der Waals surface area contributed by atoms with E-state index < -0.39 is 18.2 Å². The first-order valence-corrected chi connectivity index (χ1v) is 12.8. The first-order valence-electron chi connectivity index (χ1n) is 12.8. The second-order valence-corrected chi connectivity index (χ2v) is 9.37. The fraction of sp³-hybridized carbons (Fsp3) is 0.444. The molecule has 1 atom stereocenters. The van der Waals surface area contributed by atoms with Gasteiger partial charge < -0.3 is 25.4 Å². The third kappa shape index (κ3) is 6.58. The topological polar surface area (TPSA) is 118 Å². The van der Waals surface area contributed by atoms with E-state index in [1.165, 1.54) is 4.57 Å². The predicted molar refractivity (Wildman–Crippen MR) is 140 cm³/mol. The van der Waals surface area contributed by atoms with E-state index in [2.05, 4.69) is 15.5 Å². The summed E-state index contributed by atoms with van der Waals surface area (Å²) in [5, 5.41) is 15.4. The highest BCUT2D eigenvalue weighted by molar-refractivity contribution is 5.89. The number of alkyl carbamates (subject to hydrolysis) is 1. The molecule has 4 rings (SSSR count). The highest BCUT2D eigenvalue weighted by Crippen LogP contribution is 2.17. The number of nitrogens with one attached hydrogen (secondary N) is 2. The Kier molecular flexibility index (Phi) is 8.97. The summed E-state index contributed by atoms with van der Waals surface area (Å²) < 4.78 is 8.06. The summed E-state index contributed by atoms with van der Waals surface area (Å²) in [6.07, 6.45) is 1.17. The minimum atomic E-state index is -0.555. The van der Waals surface area contributed by atoms with Crippen LogP contribution in [-0.4, -0.2) is 70.1 Å². The number of nitrogens with zero attached hydrogens (tertiary/aromatic N) is 3. The van der Waals surface area contributed by atoms with Crippen LogP contribution in [0.25, 0.3) is 11.0 Å². The van der Waals surface area contributed by atoms with Gasteiger partial charge in [0.2, 0.25) is 0 Å². The normalized spacial score (nSPS) is 15.4. The van der Waals surface area contributed by atoms with E-state index in [9.17, 15) is 19.5 Å². The van der Waals surface area contributed by atoms with E-state index in [4.69, 9.17) is 4.74 Å². The molecule has 10 heteroatoms. The van der Waals surface area contributed by atoms with Gasteiger partial charge in [0.1, 0.15) is 6.61 Å². The molecule has 1 aromatic heterocycles. The molecule has 37 heavy (non-hydrogen) atoms. The first-order chi connectivity index (χ1) is 18.0. The number of imidazole rings is 1. The van der Waals surface area contributed by atoms with E-state index in [0.29, 0.717) is 25.2 Å². The molecule has 2 amide bonds. The van der Waals surface area contributed by atoms with Crippen molar-refractivity contribution >= 4 is 23.2 Å². The van der Waals surface area contributed by atoms with Crippen LogP contribution in [0.15, 0.2) is 59.4 Å². The number of piperidine rings is 1. The van der Waals surface area contributed by atoms with E-state index in [1.54, 1.807) is 10.6 Å². The number of rotatable bonds is 9. The smallest absolute Gasteiger partial charge is 0.407 e. The summed E-state index contributed by atoms with van der Waals surface area (Å²) in [7, 11) is 0. The van der Waals surface area contributed by atoms with Gasteiger partial charge in [-0.05, 0) is 56.5 Å². The van der Waals surface area contributed by atoms with Crippen LogP contribution in [0.1, 0.15) is 25.3 Å². The zero-order valence-electron chi connectivity index (χ0n) is 21.1. The van der Waals surface area contributed by atoms with E-state index in [1.807, 2.05) is 55.5 Å². The molecule has 0 bridgehead atoms. The fourth-order valence-corrected chi connectivity index (χ4v) is 4.79. The maximum absolute atomic E-state index is 12.9. The largest absolute Gasteiger partial charge is 0.445 e. The molecule has 0 aliphatic carbocycles. The van der Waals surface area contributed by atoms with E-state index in [-0.39, 0.29) is 24.8 Å². The number of aliphatic hydroxyl groups excluding tert-OH is 1. The standard InChI is InChI=1S/C27H35N5O5/c1-2-31-23-10-6-7-11-24(23)32(27(31)36)25(34)28-16-20-12-14-30(15-13-20)17-22(18-33)29-26(35)37-19-21-8-4-3-5-9-21/h3-11,20,22,33H,2,12-19H2,1H3,(H,28,34)(H,29,35). The summed E-state index contributed by atoms with van der Waals surface area (Å²) >= 11 is 0. The van der Waals surface area contributed by atoms with Crippen molar-refractivity contribution < 1.29 is 19.4 Å². The van der Waals surface area contributed by atoms with Gasteiger partial charge in [-0.2, -0.15) is 0 Å². The number of para-hydroxylation sites is 2. The molecule has 10 nitrogen and oxygen atoms in total. The third-order valence-electron chi connectivity index (χ3n) is 6.84. The zero-order valence-corrected chi connectivity index (χ0v) is 21.1. The monoisotopic (exact) mass is 509 g/mol. The Morgan fingerprint density at radius 2 is 1.73 bits per heavy atom. The van der Waals surface area contributed by atoms with Crippen LogP contribution in [0.4, 0.5) is 9.59 Å². The van der Waals surface area contributed by atoms with Gasteiger partial charge in [0.25, 0.3) is 0 Å². The predicted octanol–water partition coefficient (Wildman–Crippen LogP) is 2.38. The van der Waals surface area contributed by atoms with Crippen LogP contribution in [0, 0.1) is 5.92 Å². The molecule has 1 saturated heterocycles. The molecule has 2 aromatic carbocycles. The number of amides is 2. The number of carbonyl (C=O) groups is 2. The molecule has 0 saturated carbocycles. The number of aliphatic hydroxyl groups is 1. The SMILES string of the molecule is CCn1c(=O)n(C(=O)NCC2CCN(CC(CO)NC(=O)OCc3ccccc3)CC2)c2ccccc21. The van der Waals surface area contributed by atoms with Crippen molar-refractivity contribution in [3.63, 3.8) is 0 Å². The van der Waals surface area contributed by atoms with Gasteiger partial charge in [-0.1, -0.05) is 42.5 Å². The minimum Gasteiger partial charge on any atom is -0.445 e. The fourth-order valence-electron chi connectivity index (χ4n) is 4.79.